The molecule has 1 fully saturated rings. The molecule has 0 amide bonds. The van der Waals surface area contributed by atoms with Crippen LogP contribution in [0.5, 0.6) is 0 Å². The Morgan fingerprint density at radius 2 is 2.47 bits per heavy atom. The molecule has 3 N–H and O–H groups in total. The van der Waals surface area contributed by atoms with Crippen LogP contribution in [-0.2, 0) is 10.2 Å². The Balaban J connectivity index is 2.12. The van der Waals surface area contributed by atoms with Gasteiger partial charge in [-0.25, -0.2) is 9.97 Å². The van der Waals surface area contributed by atoms with Gasteiger partial charge in [-0.15, -0.1) is 0 Å². The van der Waals surface area contributed by atoms with Gasteiger partial charge in [-0.1, -0.05) is 0 Å². The van der Waals surface area contributed by atoms with Crippen LogP contribution in [0.3, 0.4) is 0 Å². The molecule has 0 aliphatic carbocycles. The van der Waals surface area contributed by atoms with Crippen molar-refractivity contribution in [2.75, 3.05) is 13.2 Å². The molecule has 3 heterocycles. The monoisotopic (exact) mass is 296 g/mol. The van der Waals surface area contributed by atoms with Crippen molar-refractivity contribution >= 4 is 27.1 Å². The van der Waals surface area contributed by atoms with Gasteiger partial charge < -0.3 is 15.5 Å². The Labute approximate surface area is 107 Å². The number of imidazole rings is 1. The third-order valence-corrected chi connectivity index (χ3v) is 3.80. The van der Waals surface area contributed by atoms with E-state index in [1.165, 1.54) is 0 Å². The second-order valence-electron chi connectivity index (χ2n) is 4.65. The summed E-state index contributed by atoms with van der Waals surface area (Å²) in [5.41, 5.74) is 7.45. The van der Waals surface area contributed by atoms with Gasteiger partial charge in [-0.05, 0) is 28.9 Å². The van der Waals surface area contributed by atoms with Gasteiger partial charge in [0, 0.05) is 16.7 Å². The van der Waals surface area contributed by atoms with E-state index in [4.69, 9.17) is 10.5 Å². The SMILES string of the molecule is CC1(c2nc3ncc(Br)cc3[nH]2)COCC1N. The summed E-state index contributed by atoms with van der Waals surface area (Å²) in [7, 11) is 0. The number of H-pyrrole nitrogens is 1. The highest BCUT2D eigenvalue weighted by Crippen LogP contribution is 2.31. The lowest BCUT2D eigenvalue weighted by molar-refractivity contribution is 0.178. The number of aromatic amines is 1. The molecule has 1 saturated heterocycles. The van der Waals surface area contributed by atoms with Crippen LogP contribution in [0.2, 0.25) is 0 Å². The van der Waals surface area contributed by atoms with E-state index in [1.807, 2.05) is 6.07 Å². The number of nitrogens with two attached hydrogens (primary N) is 1. The summed E-state index contributed by atoms with van der Waals surface area (Å²) in [6.45, 7) is 3.23. The molecule has 90 valence electrons. The quantitative estimate of drug-likeness (QED) is 0.832. The number of fused-ring (bicyclic) bond motifs is 1. The zero-order valence-corrected chi connectivity index (χ0v) is 11.0. The standard InChI is InChI=1S/C11H13BrN4O/c1-11(5-17-4-8(11)13)10-15-7-2-6(12)3-14-9(7)16-10/h2-3,8H,4-5,13H2,1H3,(H,14,15,16). The van der Waals surface area contributed by atoms with Crippen LogP contribution in [0.4, 0.5) is 0 Å². The summed E-state index contributed by atoms with van der Waals surface area (Å²) in [4.78, 5) is 12.1. The molecule has 6 heteroatoms. The summed E-state index contributed by atoms with van der Waals surface area (Å²) in [5, 5.41) is 0. The smallest absolute Gasteiger partial charge is 0.177 e. The Morgan fingerprint density at radius 1 is 1.65 bits per heavy atom. The second kappa shape index (κ2) is 3.76. The van der Waals surface area contributed by atoms with E-state index in [2.05, 4.69) is 37.8 Å². The van der Waals surface area contributed by atoms with Gasteiger partial charge in [0.25, 0.3) is 0 Å². The number of hydrogen-bond acceptors (Lipinski definition) is 4. The van der Waals surface area contributed by atoms with Gasteiger partial charge in [0.05, 0.1) is 24.1 Å². The molecule has 17 heavy (non-hydrogen) atoms. The second-order valence-corrected chi connectivity index (χ2v) is 5.56. The third kappa shape index (κ3) is 1.67. The highest BCUT2D eigenvalue weighted by atomic mass is 79.9. The van der Waals surface area contributed by atoms with Crippen molar-refractivity contribution < 1.29 is 4.74 Å². The number of aromatic nitrogens is 3. The lowest BCUT2D eigenvalue weighted by Crippen LogP contribution is -2.42. The van der Waals surface area contributed by atoms with Crippen LogP contribution in [-0.4, -0.2) is 34.2 Å². The maximum atomic E-state index is 6.08. The van der Waals surface area contributed by atoms with Crippen LogP contribution in [0, 0.1) is 0 Å². The Bertz CT molecular complexity index is 570. The fourth-order valence-electron chi connectivity index (χ4n) is 2.08. The molecule has 2 aromatic heterocycles. The first kappa shape index (κ1) is 11.1. The van der Waals surface area contributed by atoms with Gasteiger partial charge in [-0.2, -0.15) is 0 Å². The molecular formula is C11H13BrN4O. The molecule has 0 saturated carbocycles. The lowest BCUT2D eigenvalue weighted by Gasteiger charge is -2.23. The number of nitrogens with one attached hydrogen (secondary N) is 1. The van der Waals surface area contributed by atoms with Crippen molar-refractivity contribution in [3.63, 3.8) is 0 Å². The van der Waals surface area contributed by atoms with E-state index in [1.54, 1.807) is 6.20 Å². The fourth-order valence-corrected chi connectivity index (χ4v) is 2.41. The van der Waals surface area contributed by atoms with E-state index in [9.17, 15) is 0 Å². The molecule has 0 bridgehead atoms. The van der Waals surface area contributed by atoms with Crippen molar-refractivity contribution in [2.24, 2.45) is 5.73 Å². The minimum atomic E-state index is -0.257. The van der Waals surface area contributed by atoms with Gasteiger partial charge in [0.1, 0.15) is 5.82 Å². The Hall–Kier alpha value is -0.980. The van der Waals surface area contributed by atoms with Crippen molar-refractivity contribution in [1.82, 2.24) is 15.0 Å². The number of hydrogen-bond donors (Lipinski definition) is 2. The molecule has 0 aromatic carbocycles. The normalized spacial score (nSPS) is 29.0. The largest absolute Gasteiger partial charge is 0.379 e. The Morgan fingerprint density at radius 3 is 3.18 bits per heavy atom. The van der Waals surface area contributed by atoms with Crippen molar-refractivity contribution in [3.8, 4) is 0 Å². The van der Waals surface area contributed by atoms with Crippen molar-refractivity contribution in [3.05, 3.63) is 22.6 Å². The maximum absolute atomic E-state index is 6.08. The van der Waals surface area contributed by atoms with E-state index in [0.717, 1.165) is 15.8 Å². The minimum absolute atomic E-state index is 0.0356. The average Bonchev–Trinajstić information content (AvgIpc) is 2.84. The van der Waals surface area contributed by atoms with E-state index in [-0.39, 0.29) is 11.5 Å². The molecule has 1 aliphatic rings. The summed E-state index contributed by atoms with van der Waals surface area (Å²) < 4.78 is 6.36. The molecule has 2 atom stereocenters. The Kier molecular flexibility index (Phi) is 2.46. The number of pyridine rings is 1. The van der Waals surface area contributed by atoms with Crippen LogP contribution in [0.25, 0.3) is 11.2 Å². The predicted octanol–water partition coefficient (Wildman–Crippen LogP) is 1.34. The average molecular weight is 297 g/mol. The first-order chi connectivity index (χ1) is 8.09. The molecule has 3 rings (SSSR count). The van der Waals surface area contributed by atoms with Crippen molar-refractivity contribution in [2.45, 2.75) is 18.4 Å². The first-order valence-corrected chi connectivity index (χ1v) is 6.24. The van der Waals surface area contributed by atoms with Gasteiger partial charge in [-0.3, -0.25) is 0 Å². The zero-order valence-electron chi connectivity index (χ0n) is 9.40. The fraction of sp³-hybridized carbons (Fsp3) is 0.455. The predicted molar refractivity (Wildman–Crippen MR) is 67.7 cm³/mol. The first-order valence-electron chi connectivity index (χ1n) is 5.45. The van der Waals surface area contributed by atoms with Crippen LogP contribution < -0.4 is 5.73 Å². The number of ether oxygens (including phenoxy) is 1. The third-order valence-electron chi connectivity index (χ3n) is 3.36. The van der Waals surface area contributed by atoms with Crippen LogP contribution in [0.1, 0.15) is 12.7 Å². The highest BCUT2D eigenvalue weighted by molar-refractivity contribution is 9.10. The van der Waals surface area contributed by atoms with E-state index >= 15 is 0 Å². The molecule has 0 radical (unpaired) electrons. The van der Waals surface area contributed by atoms with Crippen molar-refractivity contribution in [1.29, 1.82) is 0 Å². The highest BCUT2D eigenvalue weighted by Gasteiger charge is 2.41. The molecular weight excluding hydrogens is 284 g/mol. The summed E-state index contributed by atoms with van der Waals surface area (Å²) in [6.07, 6.45) is 1.74. The van der Waals surface area contributed by atoms with E-state index < -0.39 is 0 Å². The molecule has 2 unspecified atom stereocenters. The molecule has 1 aliphatic heterocycles. The molecule has 5 nitrogen and oxygen atoms in total. The van der Waals surface area contributed by atoms with Gasteiger partial charge in [0.2, 0.25) is 0 Å². The van der Waals surface area contributed by atoms with Gasteiger partial charge >= 0.3 is 0 Å². The summed E-state index contributed by atoms with van der Waals surface area (Å²) >= 11 is 3.39. The van der Waals surface area contributed by atoms with Crippen LogP contribution in [0.15, 0.2) is 16.7 Å². The number of rotatable bonds is 1. The van der Waals surface area contributed by atoms with E-state index in [0.29, 0.717) is 18.9 Å². The zero-order chi connectivity index (χ0) is 12.0. The summed E-state index contributed by atoms with van der Waals surface area (Å²) in [5.74, 6) is 0.850. The number of nitrogens with zero attached hydrogens (tertiary/aromatic N) is 2. The summed E-state index contributed by atoms with van der Waals surface area (Å²) in [6, 6.07) is 1.93. The topological polar surface area (TPSA) is 76.8 Å². The molecule has 0 spiro atoms. The van der Waals surface area contributed by atoms with Gasteiger partial charge in [0.15, 0.2) is 5.65 Å². The molecule has 2 aromatic rings. The van der Waals surface area contributed by atoms with Crippen LogP contribution >= 0.6 is 15.9 Å². The minimum Gasteiger partial charge on any atom is -0.379 e. The lowest BCUT2D eigenvalue weighted by atomic mass is 9.85. The number of halogens is 1. The maximum Gasteiger partial charge on any atom is 0.177 e.